The van der Waals surface area contributed by atoms with E-state index in [-0.39, 0.29) is 0 Å². The fourth-order valence-electron chi connectivity index (χ4n) is 2.06. The first-order valence-electron chi connectivity index (χ1n) is 5.26. The highest BCUT2D eigenvalue weighted by Gasteiger charge is 2.16. The molecule has 0 bridgehead atoms. The van der Waals surface area contributed by atoms with Crippen molar-refractivity contribution in [3.8, 4) is 0 Å². The molecular weight excluding hydrogens is 176 g/mol. The zero-order valence-electron chi connectivity index (χ0n) is 8.69. The summed E-state index contributed by atoms with van der Waals surface area (Å²) >= 11 is 0. The average molecular weight is 194 g/mol. The van der Waals surface area contributed by atoms with E-state index >= 15 is 0 Å². The van der Waals surface area contributed by atoms with Crippen molar-refractivity contribution in [3.05, 3.63) is 12.3 Å². The molecule has 1 saturated heterocycles. The highest BCUT2D eigenvalue weighted by atomic mass is 15.4. The van der Waals surface area contributed by atoms with Crippen molar-refractivity contribution in [1.29, 1.82) is 0 Å². The molecular formula is C10H18N4. The molecule has 1 aromatic heterocycles. The fourth-order valence-corrected chi connectivity index (χ4v) is 2.06. The highest BCUT2D eigenvalue weighted by Crippen LogP contribution is 2.17. The van der Waals surface area contributed by atoms with Gasteiger partial charge in [-0.3, -0.25) is 4.68 Å². The lowest BCUT2D eigenvalue weighted by atomic mass is 10.2. The van der Waals surface area contributed by atoms with Gasteiger partial charge in [0.15, 0.2) is 0 Å². The van der Waals surface area contributed by atoms with Crippen LogP contribution in [0.25, 0.3) is 0 Å². The molecule has 0 radical (unpaired) electrons. The molecule has 1 unspecified atom stereocenters. The highest BCUT2D eigenvalue weighted by molar-refractivity contribution is 5.38. The van der Waals surface area contributed by atoms with Crippen LogP contribution in [0.1, 0.15) is 19.3 Å². The Bertz CT molecular complexity index is 294. The van der Waals surface area contributed by atoms with Crippen molar-refractivity contribution in [3.63, 3.8) is 0 Å². The van der Waals surface area contributed by atoms with Gasteiger partial charge in [0, 0.05) is 32.2 Å². The maximum atomic E-state index is 6.01. The first kappa shape index (κ1) is 9.52. The lowest BCUT2D eigenvalue weighted by Gasteiger charge is -2.24. The molecule has 0 amide bonds. The predicted octanol–water partition coefficient (Wildman–Crippen LogP) is 0.738. The quantitative estimate of drug-likeness (QED) is 0.717. The van der Waals surface area contributed by atoms with E-state index in [9.17, 15) is 0 Å². The number of aromatic nitrogens is 2. The molecule has 78 valence electrons. The van der Waals surface area contributed by atoms with Crippen LogP contribution in [0.3, 0.4) is 0 Å². The molecule has 4 heteroatoms. The van der Waals surface area contributed by atoms with Crippen molar-refractivity contribution in [2.24, 2.45) is 12.8 Å². The van der Waals surface area contributed by atoms with Crippen LogP contribution in [-0.2, 0) is 7.05 Å². The second-order valence-electron chi connectivity index (χ2n) is 4.01. The van der Waals surface area contributed by atoms with Crippen LogP contribution in [0.4, 0.5) is 5.82 Å². The molecule has 4 nitrogen and oxygen atoms in total. The third-order valence-electron chi connectivity index (χ3n) is 2.83. The van der Waals surface area contributed by atoms with E-state index in [0.717, 1.165) is 19.5 Å². The van der Waals surface area contributed by atoms with Gasteiger partial charge < -0.3 is 10.6 Å². The molecule has 2 rings (SSSR count). The normalized spacial score (nSPS) is 23.6. The molecule has 14 heavy (non-hydrogen) atoms. The largest absolute Gasteiger partial charge is 0.355 e. The topological polar surface area (TPSA) is 47.1 Å². The Balaban J connectivity index is 2.13. The second kappa shape index (κ2) is 4.00. The van der Waals surface area contributed by atoms with Gasteiger partial charge in [-0.25, -0.2) is 0 Å². The Labute approximate surface area is 84.7 Å². The average Bonchev–Trinajstić information content (AvgIpc) is 2.45. The second-order valence-corrected chi connectivity index (χ2v) is 4.01. The molecule has 0 spiro atoms. The van der Waals surface area contributed by atoms with E-state index < -0.39 is 0 Å². The van der Waals surface area contributed by atoms with Gasteiger partial charge in [-0.05, 0) is 12.8 Å². The number of anilines is 1. The fraction of sp³-hybridized carbons (Fsp3) is 0.700. The van der Waals surface area contributed by atoms with E-state index in [2.05, 4.69) is 16.1 Å². The van der Waals surface area contributed by atoms with Gasteiger partial charge >= 0.3 is 0 Å². The minimum atomic E-state index is 0.312. The Kier molecular flexibility index (Phi) is 2.72. The first-order chi connectivity index (χ1) is 6.77. The Hall–Kier alpha value is -1.03. The number of hydrogen-bond acceptors (Lipinski definition) is 3. The summed E-state index contributed by atoms with van der Waals surface area (Å²) in [5, 5.41) is 4.18. The van der Waals surface area contributed by atoms with Crippen LogP contribution < -0.4 is 10.6 Å². The molecule has 1 aliphatic heterocycles. The number of hydrogen-bond donors (Lipinski definition) is 1. The summed E-state index contributed by atoms with van der Waals surface area (Å²) in [6, 6.07) is 2.37. The van der Waals surface area contributed by atoms with Gasteiger partial charge in [0.05, 0.1) is 6.20 Å². The summed E-state index contributed by atoms with van der Waals surface area (Å²) in [4.78, 5) is 2.34. The van der Waals surface area contributed by atoms with E-state index in [0.29, 0.717) is 6.04 Å². The van der Waals surface area contributed by atoms with Crippen molar-refractivity contribution in [2.75, 3.05) is 18.0 Å². The smallest absolute Gasteiger partial charge is 0.126 e. The molecule has 1 aliphatic rings. The summed E-state index contributed by atoms with van der Waals surface area (Å²) in [6.45, 7) is 2.06. The Morgan fingerprint density at radius 3 is 3.07 bits per heavy atom. The Morgan fingerprint density at radius 1 is 1.50 bits per heavy atom. The molecule has 0 aromatic carbocycles. The van der Waals surface area contributed by atoms with E-state index in [1.54, 1.807) is 0 Å². The molecule has 2 N–H and O–H groups in total. The molecule has 0 saturated carbocycles. The molecule has 1 atom stereocenters. The summed E-state index contributed by atoms with van der Waals surface area (Å²) in [5.41, 5.74) is 6.01. The minimum absolute atomic E-state index is 0.312. The van der Waals surface area contributed by atoms with Gasteiger partial charge in [0.2, 0.25) is 0 Å². The van der Waals surface area contributed by atoms with Crippen molar-refractivity contribution < 1.29 is 0 Å². The number of nitrogens with two attached hydrogens (primary N) is 1. The van der Waals surface area contributed by atoms with Crippen LogP contribution in [0, 0.1) is 0 Å². The number of nitrogens with zero attached hydrogens (tertiary/aromatic N) is 3. The van der Waals surface area contributed by atoms with Crippen LogP contribution in [0.5, 0.6) is 0 Å². The Morgan fingerprint density at radius 2 is 2.36 bits per heavy atom. The number of rotatable bonds is 1. The van der Waals surface area contributed by atoms with Crippen LogP contribution >= 0.6 is 0 Å². The predicted molar refractivity (Wildman–Crippen MR) is 57.2 cm³/mol. The lowest BCUT2D eigenvalue weighted by molar-refractivity contribution is 0.615. The first-order valence-corrected chi connectivity index (χ1v) is 5.26. The van der Waals surface area contributed by atoms with E-state index in [1.165, 1.54) is 18.7 Å². The standard InChI is InChI=1S/C10H18N4/c1-13-10(5-6-12-13)14-7-3-2-4-9(11)8-14/h5-6,9H,2-4,7-8,11H2,1H3. The summed E-state index contributed by atoms with van der Waals surface area (Å²) in [7, 11) is 1.98. The van der Waals surface area contributed by atoms with Gasteiger partial charge in [-0.1, -0.05) is 6.42 Å². The van der Waals surface area contributed by atoms with Gasteiger partial charge in [-0.15, -0.1) is 0 Å². The van der Waals surface area contributed by atoms with Gasteiger partial charge in [0.25, 0.3) is 0 Å². The third-order valence-corrected chi connectivity index (χ3v) is 2.83. The molecule has 1 aromatic rings. The summed E-state index contributed by atoms with van der Waals surface area (Å²) in [5.74, 6) is 1.18. The van der Waals surface area contributed by atoms with Crippen molar-refractivity contribution in [2.45, 2.75) is 25.3 Å². The minimum Gasteiger partial charge on any atom is -0.355 e. The van der Waals surface area contributed by atoms with E-state index in [4.69, 9.17) is 5.73 Å². The zero-order chi connectivity index (χ0) is 9.97. The van der Waals surface area contributed by atoms with Crippen LogP contribution in [0.15, 0.2) is 12.3 Å². The van der Waals surface area contributed by atoms with Crippen LogP contribution in [0.2, 0.25) is 0 Å². The molecule has 2 heterocycles. The maximum absolute atomic E-state index is 6.01. The van der Waals surface area contributed by atoms with Gasteiger partial charge in [-0.2, -0.15) is 5.10 Å². The van der Waals surface area contributed by atoms with Gasteiger partial charge in [0.1, 0.15) is 5.82 Å². The monoisotopic (exact) mass is 194 g/mol. The summed E-state index contributed by atoms with van der Waals surface area (Å²) in [6.07, 6.45) is 5.47. The maximum Gasteiger partial charge on any atom is 0.126 e. The molecule has 1 fully saturated rings. The number of aryl methyl sites for hydroxylation is 1. The van der Waals surface area contributed by atoms with Crippen molar-refractivity contribution in [1.82, 2.24) is 9.78 Å². The van der Waals surface area contributed by atoms with E-state index in [1.807, 2.05) is 17.9 Å². The zero-order valence-corrected chi connectivity index (χ0v) is 8.69. The summed E-state index contributed by atoms with van der Waals surface area (Å²) < 4.78 is 1.91. The lowest BCUT2D eigenvalue weighted by Crippen LogP contribution is -2.36. The van der Waals surface area contributed by atoms with Crippen molar-refractivity contribution >= 4 is 5.82 Å². The third kappa shape index (κ3) is 1.90. The SMILES string of the molecule is Cn1nccc1N1CCCCC(N)C1. The van der Waals surface area contributed by atoms with Crippen LogP contribution in [-0.4, -0.2) is 28.9 Å². The molecule has 0 aliphatic carbocycles.